The molecule has 1 aromatic carbocycles. The summed E-state index contributed by atoms with van der Waals surface area (Å²) in [6.45, 7) is 4.83. The highest BCUT2D eigenvalue weighted by Gasteiger charge is 2.15. The largest absolute Gasteiger partial charge is 0.493 e. The lowest BCUT2D eigenvalue weighted by molar-refractivity contribution is -0.146. The molecule has 94 valence electrons. The highest BCUT2D eigenvalue weighted by atomic mass is 16.5. The van der Waals surface area contributed by atoms with Gasteiger partial charge in [0.15, 0.2) is 6.10 Å². The van der Waals surface area contributed by atoms with Crippen molar-refractivity contribution >= 4 is 5.97 Å². The van der Waals surface area contributed by atoms with E-state index in [0.29, 0.717) is 23.8 Å². The van der Waals surface area contributed by atoms with Crippen LogP contribution in [0.15, 0.2) is 24.3 Å². The number of hydrogen-bond donors (Lipinski definition) is 2. The topological polar surface area (TPSA) is 66.8 Å². The predicted octanol–water partition coefficient (Wildman–Crippen LogP) is 2.23. The van der Waals surface area contributed by atoms with Gasteiger partial charge in [-0.25, -0.2) is 4.79 Å². The van der Waals surface area contributed by atoms with Gasteiger partial charge in [0, 0.05) is 0 Å². The number of benzene rings is 1. The van der Waals surface area contributed by atoms with Crippen LogP contribution in [0.2, 0.25) is 0 Å². The summed E-state index contributed by atoms with van der Waals surface area (Å²) in [5.74, 6) is -0.0794. The van der Waals surface area contributed by atoms with Crippen molar-refractivity contribution < 1.29 is 19.7 Å². The zero-order valence-corrected chi connectivity index (χ0v) is 10.1. The van der Waals surface area contributed by atoms with Gasteiger partial charge in [-0.3, -0.25) is 0 Å². The molecule has 1 rings (SSSR count). The Bertz CT molecular complexity index is 358. The maximum Gasteiger partial charge on any atom is 0.337 e. The highest BCUT2D eigenvalue weighted by Crippen LogP contribution is 2.18. The molecule has 1 aromatic rings. The molecule has 0 radical (unpaired) electrons. The van der Waals surface area contributed by atoms with E-state index in [1.807, 2.05) is 0 Å². The Labute approximate surface area is 101 Å². The Balaban J connectivity index is 2.59. The average molecular weight is 238 g/mol. The molecular weight excluding hydrogens is 220 g/mol. The number of rotatable bonds is 6. The molecule has 0 amide bonds. The summed E-state index contributed by atoms with van der Waals surface area (Å²) in [7, 11) is 0. The first-order valence-electron chi connectivity index (χ1n) is 5.68. The Morgan fingerprint density at radius 1 is 1.35 bits per heavy atom. The first-order chi connectivity index (χ1) is 8.04. The van der Waals surface area contributed by atoms with E-state index in [2.05, 4.69) is 13.8 Å². The number of aliphatic hydroxyl groups is 1. The van der Waals surface area contributed by atoms with Gasteiger partial charge in [0.05, 0.1) is 6.61 Å². The highest BCUT2D eigenvalue weighted by molar-refractivity contribution is 5.74. The van der Waals surface area contributed by atoms with Crippen LogP contribution < -0.4 is 4.74 Å². The van der Waals surface area contributed by atoms with Crippen LogP contribution in [-0.4, -0.2) is 22.8 Å². The van der Waals surface area contributed by atoms with E-state index in [1.54, 1.807) is 24.3 Å². The quantitative estimate of drug-likeness (QED) is 0.797. The van der Waals surface area contributed by atoms with Crippen molar-refractivity contribution in [1.82, 2.24) is 0 Å². The predicted molar refractivity (Wildman–Crippen MR) is 64.0 cm³/mol. The molecular formula is C13H18O4. The molecule has 17 heavy (non-hydrogen) atoms. The summed E-state index contributed by atoms with van der Waals surface area (Å²) in [6, 6.07) is 6.46. The van der Waals surface area contributed by atoms with Gasteiger partial charge in [0.25, 0.3) is 0 Å². The maximum absolute atomic E-state index is 10.6. The summed E-state index contributed by atoms with van der Waals surface area (Å²) < 4.78 is 5.52. The summed E-state index contributed by atoms with van der Waals surface area (Å²) in [5.41, 5.74) is 0.355. The van der Waals surface area contributed by atoms with Crippen LogP contribution in [0, 0.1) is 5.92 Å². The van der Waals surface area contributed by atoms with Gasteiger partial charge in [0.2, 0.25) is 0 Å². The number of aliphatic carboxylic acids is 1. The maximum atomic E-state index is 10.6. The van der Waals surface area contributed by atoms with Crippen molar-refractivity contribution in [3.63, 3.8) is 0 Å². The third-order valence-electron chi connectivity index (χ3n) is 2.66. The second-order valence-corrected chi connectivity index (χ2v) is 4.13. The fraction of sp³-hybridized carbons (Fsp3) is 0.462. The van der Waals surface area contributed by atoms with E-state index < -0.39 is 12.1 Å². The molecule has 0 aromatic heterocycles. The minimum Gasteiger partial charge on any atom is -0.493 e. The molecule has 4 heteroatoms. The van der Waals surface area contributed by atoms with Crippen LogP contribution in [0.5, 0.6) is 5.75 Å². The molecule has 0 fully saturated rings. The minimum absolute atomic E-state index is 0.355. The Hall–Kier alpha value is -1.55. The Morgan fingerprint density at radius 3 is 2.41 bits per heavy atom. The molecule has 2 unspecified atom stereocenters. The summed E-state index contributed by atoms with van der Waals surface area (Å²) in [4.78, 5) is 10.6. The van der Waals surface area contributed by atoms with Gasteiger partial charge in [-0.2, -0.15) is 0 Å². The Kier molecular flexibility index (Phi) is 4.97. The number of aliphatic hydroxyl groups excluding tert-OH is 1. The molecule has 4 nitrogen and oxygen atoms in total. The smallest absolute Gasteiger partial charge is 0.337 e. The van der Waals surface area contributed by atoms with E-state index in [-0.39, 0.29) is 0 Å². The van der Waals surface area contributed by atoms with Gasteiger partial charge in [-0.15, -0.1) is 0 Å². The number of carbonyl (C=O) groups is 1. The van der Waals surface area contributed by atoms with Crippen molar-refractivity contribution in [2.75, 3.05) is 6.61 Å². The van der Waals surface area contributed by atoms with Crippen molar-refractivity contribution in [2.24, 2.45) is 5.92 Å². The van der Waals surface area contributed by atoms with Gasteiger partial charge in [0.1, 0.15) is 5.75 Å². The fourth-order valence-corrected chi connectivity index (χ4v) is 1.25. The van der Waals surface area contributed by atoms with Crippen LogP contribution in [0.25, 0.3) is 0 Å². The van der Waals surface area contributed by atoms with Crippen molar-refractivity contribution in [3.05, 3.63) is 29.8 Å². The van der Waals surface area contributed by atoms with E-state index in [0.717, 1.165) is 6.42 Å². The third kappa shape index (κ3) is 4.07. The molecule has 2 atom stereocenters. The van der Waals surface area contributed by atoms with Crippen LogP contribution in [0.4, 0.5) is 0 Å². The number of carboxylic acids is 1. The van der Waals surface area contributed by atoms with Gasteiger partial charge in [-0.05, 0) is 23.6 Å². The number of hydrogen-bond acceptors (Lipinski definition) is 3. The van der Waals surface area contributed by atoms with Crippen LogP contribution in [0.3, 0.4) is 0 Å². The second-order valence-electron chi connectivity index (χ2n) is 4.13. The molecule has 0 saturated carbocycles. The molecule has 0 spiro atoms. The third-order valence-corrected chi connectivity index (χ3v) is 2.66. The molecule has 0 bridgehead atoms. The summed E-state index contributed by atoms with van der Waals surface area (Å²) in [5, 5.41) is 17.9. The molecule has 0 saturated heterocycles. The molecule has 0 aliphatic heterocycles. The standard InChI is InChI=1S/C13H18O4/c1-3-9(2)8-17-11-6-4-10(5-7-11)12(14)13(15)16/h4-7,9,12,14H,3,8H2,1-2H3,(H,15,16). The van der Waals surface area contributed by atoms with Crippen molar-refractivity contribution in [3.8, 4) is 5.75 Å². The SMILES string of the molecule is CCC(C)COc1ccc(C(O)C(=O)O)cc1. The zero-order valence-electron chi connectivity index (χ0n) is 10.1. The van der Waals surface area contributed by atoms with Crippen LogP contribution >= 0.6 is 0 Å². The van der Waals surface area contributed by atoms with E-state index in [1.165, 1.54) is 0 Å². The van der Waals surface area contributed by atoms with Crippen LogP contribution in [0.1, 0.15) is 31.9 Å². The summed E-state index contributed by atoms with van der Waals surface area (Å²) >= 11 is 0. The van der Waals surface area contributed by atoms with E-state index in [9.17, 15) is 9.90 Å². The molecule has 0 aliphatic rings. The van der Waals surface area contributed by atoms with Crippen LogP contribution in [-0.2, 0) is 4.79 Å². The fourth-order valence-electron chi connectivity index (χ4n) is 1.25. The minimum atomic E-state index is -1.47. The first-order valence-corrected chi connectivity index (χ1v) is 5.68. The van der Waals surface area contributed by atoms with Crippen molar-refractivity contribution in [1.29, 1.82) is 0 Å². The van der Waals surface area contributed by atoms with Gasteiger partial charge >= 0.3 is 5.97 Å². The summed E-state index contributed by atoms with van der Waals surface area (Å²) in [6.07, 6.45) is -0.422. The number of carboxylic acid groups (broad SMARTS) is 1. The lowest BCUT2D eigenvalue weighted by Gasteiger charge is -2.12. The molecule has 0 aliphatic carbocycles. The van der Waals surface area contributed by atoms with Gasteiger partial charge < -0.3 is 14.9 Å². The normalized spacial score (nSPS) is 14.1. The van der Waals surface area contributed by atoms with E-state index >= 15 is 0 Å². The Morgan fingerprint density at radius 2 is 1.94 bits per heavy atom. The lowest BCUT2D eigenvalue weighted by atomic mass is 10.1. The molecule has 0 heterocycles. The first kappa shape index (κ1) is 13.5. The van der Waals surface area contributed by atoms with Gasteiger partial charge in [-0.1, -0.05) is 32.4 Å². The number of ether oxygens (including phenoxy) is 1. The second kappa shape index (κ2) is 6.25. The van der Waals surface area contributed by atoms with Crippen molar-refractivity contribution in [2.45, 2.75) is 26.4 Å². The van der Waals surface area contributed by atoms with E-state index in [4.69, 9.17) is 9.84 Å². The average Bonchev–Trinajstić information content (AvgIpc) is 2.35. The zero-order chi connectivity index (χ0) is 12.8. The monoisotopic (exact) mass is 238 g/mol. The lowest BCUT2D eigenvalue weighted by Crippen LogP contribution is -2.10. The molecule has 2 N–H and O–H groups in total.